The Morgan fingerprint density at radius 1 is 0.357 bits per heavy atom. The van der Waals surface area contributed by atoms with Crippen LogP contribution in [0.4, 0.5) is 0 Å². The van der Waals surface area contributed by atoms with Gasteiger partial charge in [-0.2, -0.15) is 0 Å². The van der Waals surface area contributed by atoms with Crippen LogP contribution in [0.1, 0.15) is 11.1 Å². The van der Waals surface area contributed by atoms with Gasteiger partial charge < -0.3 is 9.13 Å². The molecule has 0 N–H and O–H groups in total. The van der Waals surface area contributed by atoms with Crippen molar-refractivity contribution in [3.63, 3.8) is 0 Å². The van der Waals surface area contributed by atoms with E-state index in [0.29, 0.717) is 13.1 Å². The van der Waals surface area contributed by atoms with Gasteiger partial charge in [0.15, 0.2) is 0 Å². The molecule has 7 rings (SSSR count). The molecule has 4 heteroatoms. The molecule has 4 nitrogen and oxygen atoms in total. The molecule has 0 aliphatic carbocycles. The summed E-state index contributed by atoms with van der Waals surface area (Å²) in [5, 5.41) is 0. The predicted molar refractivity (Wildman–Crippen MR) is 171 cm³/mol. The van der Waals surface area contributed by atoms with Gasteiger partial charge in [-0.05, 0) is 11.1 Å². The molecule has 0 bridgehead atoms. The van der Waals surface area contributed by atoms with Gasteiger partial charge in [0, 0.05) is 35.3 Å². The van der Waals surface area contributed by atoms with Crippen molar-refractivity contribution in [3.8, 4) is 45.0 Å². The van der Waals surface area contributed by atoms with Crippen molar-refractivity contribution in [2.24, 2.45) is 0 Å². The number of rotatable bonds is 8. The van der Waals surface area contributed by atoms with Gasteiger partial charge in [0.1, 0.15) is 0 Å². The Kier molecular flexibility index (Phi) is 7.01. The van der Waals surface area contributed by atoms with Crippen LogP contribution in [0, 0.1) is 0 Å². The Hall–Kier alpha value is -5.48. The molecule has 0 spiro atoms. The summed E-state index contributed by atoms with van der Waals surface area (Å²) in [6, 6.07) is 50.7. The number of nitrogens with zero attached hydrogens (tertiary/aromatic N) is 4. The van der Waals surface area contributed by atoms with Gasteiger partial charge in [-0.1, -0.05) is 146 Å². The Morgan fingerprint density at radius 2 is 0.667 bits per heavy atom. The lowest BCUT2D eigenvalue weighted by Gasteiger charge is -2.16. The van der Waals surface area contributed by atoms with Crippen LogP contribution in [0.5, 0.6) is 0 Å². The normalized spacial score (nSPS) is 11.0. The summed E-state index contributed by atoms with van der Waals surface area (Å²) in [7, 11) is 0. The maximum Gasteiger partial charge on any atom is 0.0963 e. The van der Waals surface area contributed by atoms with Crippen LogP contribution in [0.25, 0.3) is 45.0 Å². The van der Waals surface area contributed by atoms with Crippen molar-refractivity contribution in [1.29, 1.82) is 0 Å². The lowest BCUT2D eigenvalue weighted by molar-refractivity contribution is 0.756. The van der Waals surface area contributed by atoms with Crippen molar-refractivity contribution in [3.05, 3.63) is 169 Å². The Balaban J connectivity index is 1.29. The van der Waals surface area contributed by atoms with E-state index < -0.39 is 0 Å². The highest BCUT2D eigenvalue weighted by molar-refractivity contribution is 5.79. The van der Waals surface area contributed by atoms with Gasteiger partial charge in [-0.3, -0.25) is 0 Å². The van der Waals surface area contributed by atoms with Gasteiger partial charge >= 0.3 is 0 Å². The van der Waals surface area contributed by atoms with E-state index in [2.05, 4.69) is 143 Å². The van der Waals surface area contributed by atoms with Gasteiger partial charge in [0.2, 0.25) is 0 Å². The number of imidazole rings is 2. The average molecular weight is 543 g/mol. The summed E-state index contributed by atoms with van der Waals surface area (Å²) in [4.78, 5) is 9.82. The number of hydrogen-bond acceptors (Lipinski definition) is 2. The van der Waals surface area contributed by atoms with E-state index in [1.807, 2.05) is 24.8 Å². The lowest BCUT2D eigenvalue weighted by atomic mass is 10.0. The molecule has 0 atom stereocenters. The van der Waals surface area contributed by atoms with Crippen LogP contribution in [-0.4, -0.2) is 19.1 Å². The first-order chi connectivity index (χ1) is 20.8. The van der Waals surface area contributed by atoms with Crippen LogP contribution < -0.4 is 0 Å². The van der Waals surface area contributed by atoms with E-state index in [0.717, 1.165) is 45.0 Å². The van der Waals surface area contributed by atoms with E-state index in [-0.39, 0.29) is 0 Å². The molecule has 7 aromatic rings. The topological polar surface area (TPSA) is 35.6 Å². The highest BCUT2D eigenvalue weighted by atomic mass is 15.1. The summed E-state index contributed by atoms with van der Waals surface area (Å²) in [6.45, 7) is 1.42. The van der Waals surface area contributed by atoms with E-state index in [4.69, 9.17) is 9.97 Å². The Morgan fingerprint density at radius 3 is 1.02 bits per heavy atom. The molecule has 0 saturated carbocycles. The molecule has 0 fully saturated rings. The van der Waals surface area contributed by atoms with E-state index >= 15 is 0 Å². The van der Waals surface area contributed by atoms with Crippen molar-refractivity contribution in [2.75, 3.05) is 0 Å². The molecule has 202 valence electrons. The molecule has 2 heterocycles. The minimum atomic E-state index is 0.709. The molecule has 0 aliphatic rings. The highest BCUT2D eigenvalue weighted by Crippen LogP contribution is 2.34. The summed E-state index contributed by atoms with van der Waals surface area (Å²) in [5.41, 5.74) is 11.3. The summed E-state index contributed by atoms with van der Waals surface area (Å²) in [5.74, 6) is 0. The second-order valence-electron chi connectivity index (χ2n) is 10.4. The van der Waals surface area contributed by atoms with E-state index in [9.17, 15) is 0 Å². The van der Waals surface area contributed by atoms with Crippen LogP contribution in [0.3, 0.4) is 0 Å². The number of benzene rings is 5. The molecule has 0 amide bonds. The second kappa shape index (κ2) is 11.6. The maximum atomic E-state index is 4.91. The smallest absolute Gasteiger partial charge is 0.0963 e. The lowest BCUT2D eigenvalue weighted by Crippen LogP contribution is -2.08. The molecule has 0 aliphatic heterocycles. The molecule has 42 heavy (non-hydrogen) atoms. The van der Waals surface area contributed by atoms with E-state index in [1.165, 1.54) is 11.1 Å². The third kappa shape index (κ3) is 5.06. The zero-order chi connectivity index (χ0) is 28.1. The van der Waals surface area contributed by atoms with Gasteiger partial charge in [-0.15, -0.1) is 0 Å². The molecule has 0 saturated heterocycles. The molecular formula is C38H30N4. The van der Waals surface area contributed by atoms with Gasteiger partial charge in [0.05, 0.1) is 35.4 Å². The predicted octanol–water partition coefficient (Wildman–Crippen LogP) is 8.84. The van der Waals surface area contributed by atoms with Crippen LogP contribution in [0.15, 0.2) is 158 Å². The quantitative estimate of drug-likeness (QED) is 0.192. The third-order valence-electron chi connectivity index (χ3n) is 7.66. The van der Waals surface area contributed by atoms with Crippen molar-refractivity contribution < 1.29 is 0 Å². The first-order valence-corrected chi connectivity index (χ1v) is 14.2. The van der Waals surface area contributed by atoms with Gasteiger partial charge in [0.25, 0.3) is 0 Å². The minimum Gasteiger partial charge on any atom is -0.326 e. The fourth-order valence-electron chi connectivity index (χ4n) is 5.65. The summed E-state index contributed by atoms with van der Waals surface area (Å²) >= 11 is 0. The molecule has 0 radical (unpaired) electrons. The first kappa shape index (κ1) is 25.5. The third-order valence-corrected chi connectivity index (χ3v) is 7.66. The minimum absolute atomic E-state index is 0.709. The zero-order valence-electron chi connectivity index (χ0n) is 23.2. The van der Waals surface area contributed by atoms with Crippen molar-refractivity contribution in [2.45, 2.75) is 13.1 Å². The van der Waals surface area contributed by atoms with Crippen LogP contribution in [-0.2, 0) is 13.1 Å². The molecule has 5 aromatic carbocycles. The molecular weight excluding hydrogens is 512 g/mol. The Labute approximate surface area is 246 Å². The van der Waals surface area contributed by atoms with E-state index in [1.54, 1.807) is 0 Å². The molecule has 2 aromatic heterocycles. The SMILES string of the molecule is c1ccc(-c2ncn(Cc3ccccc3Cn3cnc(-c4ccccc4)c3-c3ccccc3)c2-c2ccccc2)cc1. The number of aromatic nitrogens is 4. The number of hydrogen-bond donors (Lipinski definition) is 0. The highest BCUT2D eigenvalue weighted by Gasteiger charge is 2.18. The average Bonchev–Trinajstić information content (AvgIpc) is 3.68. The monoisotopic (exact) mass is 542 g/mol. The Bertz CT molecular complexity index is 1760. The van der Waals surface area contributed by atoms with Crippen LogP contribution in [0.2, 0.25) is 0 Å². The maximum absolute atomic E-state index is 4.91. The fraction of sp³-hybridized carbons (Fsp3) is 0.0526. The largest absolute Gasteiger partial charge is 0.326 e. The van der Waals surface area contributed by atoms with Gasteiger partial charge in [-0.25, -0.2) is 9.97 Å². The zero-order valence-corrected chi connectivity index (χ0v) is 23.2. The standard InChI is InChI=1S/C38H30N4/c1-5-15-29(16-6-1)35-37(31-19-9-3-10-20-31)41(27-39-35)25-33-23-13-14-24-34(33)26-42-28-40-36(30-17-7-2-8-18-30)38(42)32-21-11-4-12-22-32/h1-24,27-28H,25-26H2. The first-order valence-electron chi connectivity index (χ1n) is 14.2. The van der Waals surface area contributed by atoms with Crippen molar-refractivity contribution in [1.82, 2.24) is 19.1 Å². The van der Waals surface area contributed by atoms with Crippen LogP contribution >= 0.6 is 0 Å². The fourth-order valence-corrected chi connectivity index (χ4v) is 5.65. The summed E-state index contributed by atoms with van der Waals surface area (Å²) in [6.07, 6.45) is 3.95. The van der Waals surface area contributed by atoms with Crippen molar-refractivity contribution >= 4 is 0 Å². The molecule has 0 unspecified atom stereocenters. The second-order valence-corrected chi connectivity index (χ2v) is 10.4. The summed E-state index contributed by atoms with van der Waals surface area (Å²) < 4.78 is 4.55.